The second-order valence-corrected chi connectivity index (χ2v) is 3.93. The van der Waals surface area contributed by atoms with E-state index in [0.717, 1.165) is 11.3 Å². The van der Waals surface area contributed by atoms with E-state index in [4.69, 9.17) is 10.5 Å². The van der Waals surface area contributed by atoms with Gasteiger partial charge in [-0.1, -0.05) is 12.1 Å². The maximum atomic E-state index is 11.8. The molecule has 2 rings (SSSR count). The van der Waals surface area contributed by atoms with Crippen LogP contribution < -0.4 is 10.5 Å². The summed E-state index contributed by atoms with van der Waals surface area (Å²) in [7, 11) is 1.63. The fraction of sp³-hybridized carbons (Fsp3) is 0.231. The Morgan fingerprint density at radius 3 is 2.61 bits per heavy atom. The molecule has 1 aromatic heterocycles. The van der Waals surface area contributed by atoms with E-state index in [1.807, 2.05) is 24.3 Å². The molecule has 0 aliphatic rings. The highest BCUT2D eigenvalue weighted by Gasteiger charge is 2.06. The normalized spacial score (nSPS) is 10.3. The summed E-state index contributed by atoms with van der Waals surface area (Å²) in [6.45, 7) is 0. The number of benzene rings is 1. The van der Waals surface area contributed by atoms with E-state index >= 15 is 0 Å². The molecule has 2 N–H and O–H groups in total. The maximum Gasteiger partial charge on any atom is 0.247 e. The lowest BCUT2D eigenvalue weighted by atomic mass is 10.1. The molecule has 0 aliphatic heterocycles. The van der Waals surface area contributed by atoms with E-state index in [-0.39, 0.29) is 5.91 Å². The van der Waals surface area contributed by atoms with Crippen LogP contribution >= 0.6 is 0 Å². The Labute approximate surface area is 105 Å². The van der Waals surface area contributed by atoms with Crippen molar-refractivity contribution >= 4 is 11.7 Å². The van der Waals surface area contributed by atoms with Gasteiger partial charge in [-0.3, -0.25) is 4.79 Å². The molecule has 0 saturated carbocycles. The van der Waals surface area contributed by atoms with E-state index in [1.54, 1.807) is 19.4 Å². The van der Waals surface area contributed by atoms with Crippen molar-refractivity contribution in [1.82, 2.24) is 9.78 Å². The quantitative estimate of drug-likeness (QED) is 0.890. The van der Waals surface area contributed by atoms with Crippen molar-refractivity contribution in [2.75, 3.05) is 12.8 Å². The summed E-state index contributed by atoms with van der Waals surface area (Å²) in [4.78, 5) is 11.8. The average molecular weight is 245 g/mol. The van der Waals surface area contributed by atoms with Gasteiger partial charge in [-0.25, -0.2) is 4.68 Å². The van der Waals surface area contributed by atoms with Crippen molar-refractivity contribution in [1.29, 1.82) is 0 Å². The Morgan fingerprint density at radius 1 is 1.33 bits per heavy atom. The lowest BCUT2D eigenvalue weighted by molar-refractivity contribution is 0.0887. The van der Waals surface area contributed by atoms with E-state index in [9.17, 15) is 4.79 Å². The van der Waals surface area contributed by atoms with Gasteiger partial charge >= 0.3 is 0 Å². The summed E-state index contributed by atoms with van der Waals surface area (Å²) in [5.74, 6) is 1.10. The molecule has 5 heteroatoms. The number of anilines is 1. The van der Waals surface area contributed by atoms with E-state index < -0.39 is 0 Å². The van der Waals surface area contributed by atoms with Crippen molar-refractivity contribution in [3.05, 3.63) is 42.1 Å². The molecule has 0 fully saturated rings. The van der Waals surface area contributed by atoms with Crippen LogP contribution in [0.25, 0.3) is 0 Å². The first-order valence-corrected chi connectivity index (χ1v) is 5.66. The minimum atomic E-state index is -0.0671. The second-order valence-electron chi connectivity index (χ2n) is 3.93. The standard InChI is InChI=1S/C13H15N3O2/c1-18-11-5-2-10(3-6-11)4-7-13(17)16-9-8-12(14)15-16/h2-3,5-6,8-9H,4,7H2,1H3,(H2,14,15). The van der Waals surface area contributed by atoms with Crippen molar-refractivity contribution < 1.29 is 9.53 Å². The third kappa shape index (κ3) is 2.88. The number of hydrogen-bond acceptors (Lipinski definition) is 4. The zero-order valence-electron chi connectivity index (χ0n) is 10.2. The van der Waals surface area contributed by atoms with Crippen molar-refractivity contribution in [2.24, 2.45) is 0 Å². The zero-order chi connectivity index (χ0) is 13.0. The first kappa shape index (κ1) is 12.2. The van der Waals surface area contributed by atoms with Crippen LogP contribution in [-0.4, -0.2) is 22.8 Å². The molecule has 0 unspecified atom stereocenters. The number of nitrogen functional groups attached to an aromatic ring is 1. The molecule has 0 amide bonds. The Morgan fingerprint density at radius 2 is 2.06 bits per heavy atom. The Balaban J connectivity index is 1.92. The molecular weight excluding hydrogens is 230 g/mol. The predicted molar refractivity (Wildman–Crippen MR) is 68.6 cm³/mol. The third-order valence-electron chi connectivity index (χ3n) is 2.65. The van der Waals surface area contributed by atoms with Gasteiger partial charge in [0.2, 0.25) is 5.91 Å². The summed E-state index contributed by atoms with van der Waals surface area (Å²) >= 11 is 0. The fourth-order valence-electron chi connectivity index (χ4n) is 1.63. The molecule has 5 nitrogen and oxygen atoms in total. The van der Waals surface area contributed by atoms with Gasteiger partial charge < -0.3 is 10.5 Å². The van der Waals surface area contributed by atoms with Crippen molar-refractivity contribution in [2.45, 2.75) is 12.8 Å². The molecule has 0 radical (unpaired) electrons. The monoisotopic (exact) mass is 245 g/mol. The van der Waals surface area contributed by atoms with Gasteiger partial charge in [0.05, 0.1) is 7.11 Å². The van der Waals surface area contributed by atoms with E-state index in [1.165, 1.54) is 4.68 Å². The smallest absolute Gasteiger partial charge is 0.247 e. The number of carbonyl (C=O) groups excluding carboxylic acids is 1. The minimum Gasteiger partial charge on any atom is -0.497 e. The first-order valence-electron chi connectivity index (χ1n) is 5.66. The Bertz CT molecular complexity index is 531. The van der Waals surface area contributed by atoms with Crippen LogP contribution in [0.2, 0.25) is 0 Å². The Kier molecular flexibility index (Phi) is 3.62. The van der Waals surface area contributed by atoms with Crippen LogP contribution in [0.15, 0.2) is 36.5 Å². The van der Waals surface area contributed by atoms with Gasteiger partial charge in [-0.2, -0.15) is 0 Å². The number of ether oxygens (including phenoxy) is 1. The molecule has 94 valence electrons. The lowest BCUT2D eigenvalue weighted by Crippen LogP contribution is -2.12. The van der Waals surface area contributed by atoms with Crippen LogP contribution in [0, 0.1) is 0 Å². The van der Waals surface area contributed by atoms with Crippen LogP contribution in [0.1, 0.15) is 16.8 Å². The van der Waals surface area contributed by atoms with E-state index in [0.29, 0.717) is 18.7 Å². The summed E-state index contributed by atoms with van der Waals surface area (Å²) < 4.78 is 6.35. The van der Waals surface area contributed by atoms with Crippen LogP contribution in [0.5, 0.6) is 5.75 Å². The van der Waals surface area contributed by atoms with Crippen molar-refractivity contribution in [3.8, 4) is 5.75 Å². The van der Waals surface area contributed by atoms with Crippen LogP contribution in [0.4, 0.5) is 5.82 Å². The molecule has 0 aliphatic carbocycles. The number of nitrogens with two attached hydrogens (primary N) is 1. The number of hydrogen-bond donors (Lipinski definition) is 1. The van der Waals surface area contributed by atoms with Crippen molar-refractivity contribution in [3.63, 3.8) is 0 Å². The largest absolute Gasteiger partial charge is 0.497 e. The highest BCUT2D eigenvalue weighted by atomic mass is 16.5. The minimum absolute atomic E-state index is 0.0671. The second kappa shape index (κ2) is 5.35. The summed E-state index contributed by atoms with van der Waals surface area (Å²) in [5, 5.41) is 3.88. The number of rotatable bonds is 4. The highest BCUT2D eigenvalue weighted by Crippen LogP contribution is 2.12. The summed E-state index contributed by atoms with van der Waals surface area (Å²) in [6, 6.07) is 9.26. The maximum absolute atomic E-state index is 11.8. The van der Waals surface area contributed by atoms with Gasteiger partial charge in [0, 0.05) is 18.7 Å². The zero-order valence-corrected chi connectivity index (χ0v) is 10.2. The molecule has 0 atom stereocenters. The van der Waals surface area contributed by atoms with Gasteiger partial charge in [0.25, 0.3) is 0 Å². The number of methoxy groups -OCH3 is 1. The third-order valence-corrected chi connectivity index (χ3v) is 2.65. The number of aromatic nitrogens is 2. The molecular formula is C13H15N3O2. The molecule has 0 spiro atoms. The van der Waals surface area contributed by atoms with Gasteiger partial charge in [-0.05, 0) is 24.1 Å². The van der Waals surface area contributed by atoms with Gasteiger partial charge in [0.15, 0.2) is 0 Å². The number of nitrogens with zero attached hydrogens (tertiary/aromatic N) is 2. The first-order chi connectivity index (χ1) is 8.69. The summed E-state index contributed by atoms with van der Waals surface area (Å²) in [6.07, 6.45) is 2.64. The number of aryl methyl sites for hydroxylation is 1. The molecule has 2 aromatic rings. The lowest BCUT2D eigenvalue weighted by Gasteiger charge is -2.03. The van der Waals surface area contributed by atoms with E-state index in [2.05, 4.69) is 5.10 Å². The topological polar surface area (TPSA) is 70.1 Å². The summed E-state index contributed by atoms with van der Waals surface area (Å²) in [5.41, 5.74) is 6.54. The Hall–Kier alpha value is -2.30. The SMILES string of the molecule is COc1ccc(CCC(=O)n2ccc(N)n2)cc1. The van der Waals surface area contributed by atoms with Gasteiger partial charge in [-0.15, -0.1) is 5.10 Å². The molecule has 0 saturated heterocycles. The van der Waals surface area contributed by atoms with Crippen LogP contribution in [0.3, 0.4) is 0 Å². The van der Waals surface area contributed by atoms with Crippen LogP contribution in [-0.2, 0) is 6.42 Å². The van der Waals surface area contributed by atoms with Gasteiger partial charge in [0.1, 0.15) is 11.6 Å². The highest BCUT2D eigenvalue weighted by molar-refractivity contribution is 5.78. The molecule has 0 bridgehead atoms. The molecule has 1 heterocycles. The average Bonchev–Trinajstić information content (AvgIpc) is 2.83. The number of carbonyl (C=O) groups is 1. The fourth-order valence-corrected chi connectivity index (χ4v) is 1.63. The predicted octanol–water partition coefficient (Wildman–Crippen LogP) is 1.75. The molecule has 1 aromatic carbocycles. The molecule has 18 heavy (non-hydrogen) atoms.